The molecular formula is C46H79NO8. The van der Waals surface area contributed by atoms with E-state index in [1.165, 1.54) is 64.2 Å². The molecule has 0 aliphatic carbocycles. The van der Waals surface area contributed by atoms with Crippen molar-refractivity contribution in [2.75, 3.05) is 47.5 Å². The summed E-state index contributed by atoms with van der Waals surface area (Å²) in [4.78, 5) is 36.8. The molecular weight excluding hydrogens is 695 g/mol. The number of allylic oxidation sites excluding steroid dienone is 10. The van der Waals surface area contributed by atoms with Crippen molar-refractivity contribution in [3.05, 3.63) is 60.8 Å². The third-order valence-electron chi connectivity index (χ3n) is 8.76. The average Bonchev–Trinajstić information content (AvgIpc) is 3.14. The van der Waals surface area contributed by atoms with Crippen molar-refractivity contribution in [3.8, 4) is 0 Å². The SMILES string of the molecule is CC/C=C\C/C=C\C/C=C\C/C=C\CCC(=O)OC(COC(=O)CCCCCCCCC/C=C\CCCCCCCC)COC(OCC[N+](C)(C)C)C(=O)[O-]. The molecule has 0 fully saturated rings. The first-order valence-corrected chi connectivity index (χ1v) is 21.4. The van der Waals surface area contributed by atoms with Crippen molar-refractivity contribution in [2.24, 2.45) is 0 Å². The number of carbonyl (C=O) groups excluding carboxylic acids is 3. The van der Waals surface area contributed by atoms with Gasteiger partial charge < -0.3 is 33.3 Å². The number of carboxylic acids is 1. The normalized spacial score (nSPS) is 13.5. The first-order chi connectivity index (χ1) is 26.6. The first-order valence-electron chi connectivity index (χ1n) is 21.4. The molecule has 0 aromatic heterocycles. The molecule has 2 atom stereocenters. The fourth-order valence-electron chi connectivity index (χ4n) is 5.42. The van der Waals surface area contributed by atoms with Crippen molar-refractivity contribution in [3.63, 3.8) is 0 Å². The van der Waals surface area contributed by atoms with E-state index in [0.717, 1.165) is 57.8 Å². The van der Waals surface area contributed by atoms with Gasteiger partial charge in [0, 0.05) is 12.8 Å². The highest BCUT2D eigenvalue weighted by Crippen LogP contribution is 2.12. The largest absolute Gasteiger partial charge is 0.545 e. The van der Waals surface area contributed by atoms with Crippen LogP contribution in [0.15, 0.2) is 60.8 Å². The lowest BCUT2D eigenvalue weighted by atomic mass is 10.1. The quantitative estimate of drug-likeness (QED) is 0.0201. The van der Waals surface area contributed by atoms with Crippen molar-refractivity contribution in [1.82, 2.24) is 0 Å². The Morgan fingerprint density at radius 3 is 1.62 bits per heavy atom. The Morgan fingerprint density at radius 2 is 1.07 bits per heavy atom. The minimum Gasteiger partial charge on any atom is -0.545 e. The van der Waals surface area contributed by atoms with E-state index < -0.39 is 24.3 Å². The minimum atomic E-state index is -1.64. The van der Waals surface area contributed by atoms with Crippen molar-refractivity contribution >= 4 is 17.9 Å². The number of quaternary nitrogens is 1. The molecule has 0 heterocycles. The lowest BCUT2D eigenvalue weighted by Gasteiger charge is -2.26. The van der Waals surface area contributed by atoms with Crippen LogP contribution in [-0.2, 0) is 33.3 Å². The van der Waals surface area contributed by atoms with Gasteiger partial charge in [0.25, 0.3) is 0 Å². The van der Waals surface area contributed by atoms with Crippen LogP contribution in [0.3, 0.4) is 0 Å². The Kier molecular flexibility index (Phi) is 35.8. The molecule has 0 saturated carbocycles. The van der Waals surface area contributed by atoms with Crippen LogP contribution in [0.1, 0.15) is 155 Å². The molecule has 9 heteroatoms. The monoisotopic (exact) mass is 774 g/mol. The number of carboxylic acid groups (broad SMARTS) is 1. The van der Waals surface area contributed by atoms with Crippen LogP contribution in [0.4, 0.5) is 0 Å². The summed E-state index contributed by atoms with van der Waals surface area (Å²) in [6.45, 7) is 4.51. The Morgan fingerprint density at radius 1 is 0.564 bits per heavy atom. The zero-order valence-electron chi connectivity index (χ0n) is 35.5. The van der Waals surface area contributed by atoms with Gasteiger partial charge in [0.05, 0.1) is 40.3 Å². The van der Waals surface area contributed by atoms with Gasteiger partial charge in [0.1, 0.15) is 13.2 Å². The number of nitrogens with zero attached hydrogens (tertiary/aromatic N) is 1. The van der Waals surface area contributed by atoms with Gasteiger partial charge >= 0.3 is 11.9 Å². The highest BCUT2D eigenvalue weighted by molar-refractivity contribution is 5.70. The Balaban J connectivity index is 4.54. The second-order valence-electron chi connectivity index (χ2n) is 15.2. The van der Waals surface area contributed by atoms with E-state index in [1.54, 1.807) is 0 Å². The van der Waals surface area contributed by atoms with Crippen LogP contribution in [0.25, 0.3) is 0 Å². The van der Waals surface area contributed by atoms with Crippen LogP contribution in [-0.4, -0.2) is 82.3 Å². The summed E-state index contributed by atoms with van der Waals surface area (Å²) >= 11 is 0. The molecule has 0 radical (unpaired) electrons. The van der Waals surface area contributed by atoms with E-state index in [4.69, 9.17) is 18.9 Å². The van der Waals surface area contributed by atoms with Crippen LogP contribution in [0, 0.1) is 0 Å². The topological polar surface area (TPSA) is 111 Å². The molecule has 0 N–H and O–H groups in total. The van der Waals surface area contributed by atoms with E-state index in [0.29, 0.717) is 17.4 Å². The van der Waals surface area contributed by atoms with Crippen LogP contribution < -0.4 is 5.11 Å². The zero-order valence-corrected chi connectivity index (χ0v) is 35.5. The molecule has 0 amide bonds. The van der Waals surface area contributed by atoms with Gasteiger partial charge in [-0.05, 0) is 64.2 Å². The average molecular weight is 774 g/mol. The van der Waals surface area contributed by atoms with Crippen molar-refractivity contribution in [1.29, 1.82) is 0 Å². The molecule has 0 aromatic rings. The number of aliphatic carboxylic acids is 1. The molecule has 316 valence electrons. The number of esters is 2. The van der Waals surface area contributed by atoms with Gasteiger partial charge in [-0.2, -0.15) is 0 Å². The van der Waals surface area contributed by atoms with Crippen LogP contribution in [0.2, 0.25) is 0 Å². The highest BCUT2D eigenvalue weighted by Gasteiger charge is 2.21. The number of carbonyl (C=O) groups is 3. The molecule has 0 saturated heterocycles. The summed E-state index contributed by atoms with van der Waals surface area (Å²) in [5, 5.41) is 11.7. The van der Waals surface area contributed by atoms with E-state index in [9.17, 15) is 19.5 Å². The lowest BCUT2D eigenvalue weighted by Crippen LogP contribution is -2.44. The van der Waals surface area contributed by atoms with Crippen molar-refractivity contribution in [2.45, 2.75) is 167 Å². The molecule has 0 aromatic carbocycles. The summed E-state index contributed by atoms with van der Waals surface area (Å²) in [7, 11) is 5.87. The molecule has 2 unspecified atom stereocenters. The maximum atomic E-state index is 12.7. The summed E-state index contributed by atoms with van der Waals surface area (Å²) in [6.07, 6.45) is 41.3. The van der Waals surface area contributed by atoms with Crippen LogP contribution >= 0.6 is 0 Å². The van der Waals surface area contributed by atoms with Gasteiger partial charge in [0.2, 0.25) is 0 Å². The minimum absolute atomic E-state index is 0.124. The molecule has 0 aliphatic heterocycles. The van der Waals surface area contributed by atoms with Gasteiger partial charge in [-0.3, -0.25) is 9.59 Å². The fraction of sp³-hybridized carbons (Fsp3) is 0.717. The molecule has 0 spiro atoms. The summed E-state index contributed by atoms with van der Waals surface area (Å²) in [5.41, 5.74) is 0. The summed E-state index contributed by atoms with van der Waals surface area (Å²) < 4.78 is 22.4. The molecule has 0 rings (SSSR count). The standard InChI is InChI=1S/C46H79NO8/c1-6-8-10-12-14-16-18-20-21-22-23-25-26-28-30-32-34-36-43(48)53-40-42(41-54-46(45(50)51)52-39-38-47(3,4)5)55-44(49)37-35-33-31-29-27-24-19-17-15-13-11-9-7-2/h9,11,15,17,20-21,24,27,31,33,42,46H,6-8,10,12-14,16,18-19,22-23,25-26,28-30,32,34-41H2,1-5H3/b11-9-,17-15-,21-20-,27-24-,33-31-. The van der Waals surface area contributed by atoms with Gasteiger partial charge in [-0.1, -0.05) is 139 Å². The molecule has 0 bridgehead atoms. The second kappa shape index (κ2) is 37.9. The number of hydrogen-bond acceptors (Lipinski definition) is 8. The number of hydrogen-bond donors (Lipinski definition) is 0. The van der Waals surface area contributed by atoms with Crippen LogP contribution in [0.5, 0.6) is 0 Å². The number of likely N-dealkylation sites (N-methyl/N-ethyl adjacent to an activating group) is 1. The van der Waals surface area contributed by atoms with Gasteiger partial charge in [-0.15, -0.1) is 0 Å². The Bertz CT molecular complexity index is 1090. The van der Waals surface area contributed by atoms with E-state index in [1.807, 2.05) is 33.3 Å². The van der Waals surface area contributed by atoms with Crippen molar-refractivity contribution < 1.29 is 42.9 Å². The Hall–Kier alpha value is -3.01. The number of ether oxygens (including phenoxy) is 4. The molecule has 9 nitrogen and oxygen atoms in total. The fourth-order valence-corrected chi connectivity index (χ4v) is 5.42. The van der Waals surface area contributed by atoms with E-state index >= 15 is 0 Å². The lowest BCUT2D eigenvalue weighted by molar-refractivity contribution is -0.870. The van der Waals surface area contributed by atoms with E-state index in [-0.39, 0.29) is 38.6 Å². The second-order valence-corrected chi connectivity index (χ2v) is 15.2. The summed E-state index contributed by atoms with van der Waals surface area (Å²) in [6, 6.07) is 0. The predicted octanol–water partition coefficient (Wildman–Crippen LogP) is 9.66. The smallest absolute Gasteiger partial charge is 0.306 e. The maximum Gasteiger partial charge on any atom is 0.306 e. The Labute approximate surface area is 335 Å². The third kappa shape index (κ3) is 39.0. The number of rotatable bonds is 38. The summed E-state index contributed by atoms with van der Waals surface area (Å²) in [5.74, 6) is -2.41. The maximum absolute atomic E-state index is 12.7. The highest BCUT2D eigenvalue weighted by atomic mass is 16.7. The molecule has 0 aliphatic rings. The first kappa shape index (κ1) is 52.0. The predicted molar refractivity (Wildman–Crippen MR) is 223 cm³/mol. The third-order valence-corrected chi connectivity index (χ3v) is 8.76. The van der Waals surface area contributed by atoms with Gasteiger partial charge in [0.15, 0.2) is 12.4 Å². The molecule has 55 heavy (non-hydrogen) atoms. The number of unbranched alkanes of at least 4 members (excludes halogenated alkanes) is 13. The zero-order chi connectivity index (χ0) is 40.7. The van der Waals surface area contributed by atoms with E-state index in [2.05, 4.69) is 62.5 Å². The van der Waals surface area contributed by atoms with Gasteiger partial charge in [-0.25, -0.2) is 0 Å².